The summed E-state index contributed by atoms with van der Waals surface area (Å²) in [5.74, 6) is 1.28. The average Bonchev–Trinajstić information content (AvgIpc) is 3.15. The normalized spacial score (nSPS) is 26.8. The smallest absolute Gasteiger partial charge is 0.311 e. The summed E-state index contributed by atoms with van der Waals surface area (Å²) in [5.41, 5.74) is 0.654. The largest absolute Gasteiger partial charge is 0.466 e. The van der Waals surface area contributed by atoms with Crippen molar-refractivity contribution >= 4 is 28.3 Å². The van der Waals surface area contributed by atoms with Crippen molar-refractivity contribution in [2.24, 2.45) is 17.8 Å². The van der Waals surface area contributed by atoms with E-state index >= 15 is 0 Å². The molecule has 1 aromatic heterocycles. The van der Waals surface area contributed by atoms with Crippen LogP contribution in [-0.4, -0.2) is 23.5 Å². The summed E-state index contributed by atoms with van der Waals surface area (Å²) in [4.78, 5) is 28.0. The van der Waals surface area contributed by atoms with Crippen molar-refractivity contribution in [3.8, 4) is 0 Å². The zero-order valence-electron chi connectivity index (χ0n) is 12.1. The molecule has 2 aliphatic rings. The zero-order valence-corrected chi connectivity index (χ0v) is 12.9. The highest BCUT2D eigenvalue weighted by Gasteiger charge is 2.43. The molecule has 0 spiro atoms. The minimum absolute atomic E-state index is 0.0965. The van der Waals surface area contributed by atoms with Crippen LogP contribution in [0.25, 0.3) is 0 Å². The highest BCUT2D eigenvalue weighted by Crippen LogP contribution is 2.48. The molecule has 2 fully saturated rings. The Morgan fingerprint density at radius 3 is 2.95 bits per heavy atom. The van der Waals surface area contributed by atoms with Gasteiger partial charge in [0.05, 0.1) is 18.7 Å². The van der Waals surface area contributed by atoms with Crippen LogP contribution in [-0.2, 0) is 20.7 Å². The number of fused-ring (bicyclic) bond motifs is 2. The number of esters is 1. The molecule has 2 bridgehead atoms. The van der Waals surface area contributed by atoms with E-state index in [4.69, 9.17) is 4.74 Å². The first kappa shape index (κ1) is 14.5. The fourth-order valence-corrected chi connectivity index (χ4v) is 4.28. The van der Waals surface area contributed by atoms with E-state index in [1.54, 1.807) is 12.3 Å². The van der Waals surface area contributed by atoms with Crippen molar-refractivity contribution < 1.29 is 14.3 Å². The molecule has 2 saturated carbocycles. The van der Waals surface area contributed by atoms with Crippen LogP contribution in [0.15, 0.2) is 5.38 Å². The van der Waals surface area contributed by atoms with Gasteiger partial charge in [0.15, 0.2) is 5.13 Å². The molecule has 1 aromatic rings. The molecule has 21 heavy (non-hydrogen) atoms. The molecule has 5 nitrogen and oxygen atoms in total. The van der Waals surface area contributed by atoms with E-state index in [0.29, 0.717) is 23.4 Å². The van der Waals surface area contributed by atoms with Crippen LogP contribution in [0.5, 0.6) is 0 Å². The molecule has 0 radical (unpaired) electrons. The molecule has 0 aliphatic heterocycles. The van der Waals surface area contributed by atoms with Gasteiger partial charge in [-0.1, -0.05) is 6.42 Å². The Kier molecular flexibility index (Phi) is 4.24. The number of anilines is 1. The number of aromatic nitrogens is 1. The van der Waals surface area contributed by atoms with Gasteiger partial charge in [-0.3, -0.25) is 9.59 Å². The summed E-state index contributed by atoms with van der Waals surface area (Å²) in [6, 6.07) is 0. The van der Waals surface area contributed by atoms with Crippen LogP contribution >= 0.6 is 11.3 Å². The maximum absolute atomic E-state index is 12.3. The van der Waals surface area contributed by atoms with Gasteiger partial charge in [-0.05, 0) is 38.0 Å². The number of nitrogens with zero attached hydrogens (tertiary/aromatic N) is 1. The molecule has 114 valence electrons. The molecule has 1 amide bonds. The van der Waals surface area contributed by atoms with Crippen LogP contribution < -0.4 is 5.32 Å². The van der Waals surface area contributed by atoms with Crippen LogP contribution in [0.2, 0.25) is 0 Å². The van der Waals surface area contributed by atoms with Crippen LogP contribution in [0.1, 0.15) is 38.3 Å². The van der Waals surface area contributed by atoms with E-state index in [0.717, 1.165) is 12.3 Å². The van der Waals surface area contributed by atoms with E-state index in [1.165, 1.54) is 30.6 Å². The SMILES string of the molecule is CCOC(=O)Cc1csc(NC(=O)[C@H]2C[C@H]3CC[C@@H]2C3)n1. The Labute approximate surface area is 128 Å². The van der Waals surface area contributed by atoms with Gasteiger partial charge in [0.1, 0.15) is 0 Å². The molecule has 6 heteroatoms. The number of amides is 1. The first-order valence-electron chi connectivity index (χ1n) is 7.56. The Balaban J connectivity index is 1.54. The van der Waals surface area contributed by atoms with Gasteiger partial charge in [0.2, 0.25) is 5.91 Å². The molecule has 1 heterocycles. The van der Waals surface area contributed by atoms with Gasteiger partial charge in [0.25, 0.3) is 0 Å². The van der Waals surface area contributed by atoms with Crippen molar-refractivity contribution in [2.75, 3.05) is 11.9 Å². The van der Waals surface area contributed by atoms with Crippen molar-refractivity contribution in [1.82, 2.24) is 4.98 Å². The first-order valence-corrected chi connectivity index (χ1v) is 8.44. The second kappa shape index (κ2) is 6.13. The number of hydrogen-bond acceptors (Lipinski definition) is 5. The molecule has 1 N–H and O–H groups in total. The predicted molar refractivity (Wildman–Crippen MR) is 80.0 cm³/mol. The maximum atomic E-state index is 12.3. The van der Waals surface area contributed by atoms with Crippen molar-refractivity contribution in [3.63, 3.8) is 0 Å². The summed E-state index contributed by atoms with van der Waals surface area (Å²) in [7, 11) is 0. The summed E-state index contributed by atoms with van der Waals surface area (Å²) >= 11 is 1.37. The monoisotopic (exact) mass is 308 g/mol. The van der Waals surface area contributed by atoms with Gasteiger partial charge < -0.3 is 10.1 Å². The lowest BCUT2D eigenvalue weighted by Gasteiger charge is -2.19. The summed E-state index contributed by atoms with van der Waals surface area (Å²) < 4.78 is 4.89. The lowest BCUT2D eigenvalue weighted by Crippen LogP contribution is -2.27. The fraction of sp³-hybridized carbons (Fsp3) is 0.667. The van der Waals surface area contributed by atoms with E-state index in [9.17, 15) is 9.59 Å². The van der Waals surface area contributed by atoms with E-state index in [2.05, 4.69) is 10.3 Å². The lowest BCUT2D eigenvalue weighted by atomic mass is 9.88. The summed E-state index contributed by atoms with van der Waals surface area (Å²) in [6.45, 7) is 2.15. The number of hydrogen-bond donors (Lipinski definition) is 1. The molecule has 3 rings (SSSR count). The van der Waals surface area contributed by atoms with Gasteiger partial charge in [-0.15, -0.1) is 11.3 Å². The molecular weight excluding hydrogens is 288 g/mol. The summed E-state index contributed by atoms with van der Waals surface area (Å²) in [5, 5.41) is 5.29. The highest BCUT2D eigenvalue weighted by atomic mass is 32.1. The topological polar surface area (TPSA) is 68.3 Å². The van der Waals surface area contributed by atoms with Crippen LogP contribution in [0, 0.1) is 17.8 Å². The van der Waals surface area contributed by atoms with Gasteiger partial charge in [-0.2, -0.15) is 0 Å². The van der Waals surface area contributed by atoms with Crippen molar-refractivity contribution in [2.45, 2.75) is 39.0 Å². The van der Waals surface area contributed by atoms with E-state index in [-0.39, 0.29) is 24.2 Å². The summed E-state index contributed by atoms with van der Waals surface area (Å²) in [6.07, 6.45) is 4.88. The minimum Gasteiger partial charge on any atom is -0.466 e. The Bertz CT molecular complexity index is 543. The lowest BCUT2D eigenvalue weighted by molar-refractivity contribution is -0.142. The molecule has 2 aliphatic carbocycles. The number of rotatable bonds is 5. The number of carbonyl (C=O) groups excluding carboxylic acids is 2. The number of nitrogens with one attached hydrogen (secondary N) is 1. The van der Waals surface area contributed by atoms with E-state index in [1.807, 2.05) is 0 Å². The van der Waals surface area contributed by atoms with Crippen LogP contribution in [0.4, 0.5) is 5.13 Å². The van der Waals surface area contributed by atoms with Crippen molar-refractivity contribution in [1.29, 1.82) is 0 Å². The fourth-order valence-electron chi connectivity index (χ4n) is 3.57. The number of carbonyl (C=O) groups is 2. The Morgan fingerprint density at radius 2 is 2.29 bits per heavy atom. The Morgan fingerprint density at radius 1 is 1.43 bits per heavy atom. The quantitative estimate of drug-likeness (QED) is 0.849. The minimum atomic E-state index is -0.284. The third-order valence-electron chi connectivity index (χ3n) is 4.49. The molecule has 0 aromatic carbocycles. The van der Waals surface area contributed by atoms with Gasteiger partial charge >= 0.3 is 5.97 Å². The molecule has 3 atom stereocenters. The molecular formula is C15H20N2O3S. The number of thiazole rings is 1. The number of ether oxygens (including phenoxy) is 1. The molecule has 0 unspecified atom stereocenters. The second-order valence-electron chi connectivity index (χ2n) is 5.90. The molecule has 0 saturated heterocycles. The zero-order chi connectivity index (χ0) is 14.8. The van der Waals surface area contributed by atoms with E-state index < -0.39 is 0 Å². The maximum Gasteiger partial charge on any atom is 0.311 e. The van der Waals surface area contributed by atoms with Gasteiger partial charge in [0, 0.05) is 11.3 Å². The highest BCUT2D eigenvalue weighted by molar-refractivity contribution is 7.13. The standard InChI is InChI=1S/C15H20N2O3S/c1-2-20-13(18)7-11-8-21-15(16-11)17-14(19)12-6-9-3-4-10(12)5-9/h8-10,12H,2-7H2,1H3,(H,16,17,19)/t9-,10+,12-/m0/s1. The Hall–Kier alpha value is -1.43. The first-order chi connectivity index (χ1) is 10.2. The predicted octanol–water partition coefficient (Wildman–Crippen LogP) is 2.62. The third kappa shape index (κ3) is 3.26. The van der Waals surface area contributed by atoms with Gasteiger partial charge in [-0.25, -0.2) is 4.98 Å². The van der Waals surface area contributed by atoms with Crippen molar-refractivity contribution in [3.05, 3.63) is 11.1 Å². The van der Waals surface area contributed by atoms with Crippen LogP contribution in [0.3, 0.4) is 0 Å². The third-order valence-corrected chi connectivity index (χ3v) is 5.29. The second-order valence-corrected chi connectivity index (χ2v) is 6.75. The average molecular weight is 308 g/mol.